The fraction of sp³-hybridized carbons (Fsp3) is 0.308. The number of carboxylic acids is 1. The van der Waals surface area contributed by atoms with Crippen LogP contribution in [0.5, 0.6) is 11.5 Å². The molecule has 0 amide bonds. The number of benzene rings is 1. The minimum absolute atomic E-state index is 0.0302. The third kappa shape index (κ3) is 4.18. The quantitative estimate of drug-likeness (QED) is 0.798. The van der Waals surface area contributed by atoms with Gasteiger partial charge in [0.25, 0.3) is 0 Å². The van der Waals surface area contributed by atoms with E-state index in [4.69, 9.17) is 14.6 Å². The third-order valence-corrected chi connectivity index (χ3v) is 1.97. The number of methoxy groups -OCH3 is 1. The molecule has 0 radical (unpaired) electrons. The summed E-state index contributed by atoms with van der Waals surface area (Å²) < 4.78 is 10.7. The van der Waals surface area contributed by atoms with Crippen molar-refractivity contribution in [3.63, 3.8) is 0 Å². The zero-order valence-electron chi connectivity index (χ0n) is 10.1. The molecule has 1 N–H and O–H groups in total. The van der Waals surface area contributed by atoms with Gasteiger partial charge in [-0.05, 0) is 37.6 Å². The molecule has 92 valence electrons. The van der Waals surface area contributed by atoms with Crippen LogP contribution in [0.1, 0.15) is 19.4 Å². The second kappa shape index (κ2) is 5.94. The van der Waals surface area contributed by atoms with E-state index in [0.717, 1.165) is 11.6 Å². The maximum absolute atomic E-state index is 10.4. The molecule has 4 nitrogen and oxygen atoms in total. The summed E-state index contributed by atoms with van der Waals surface area (Å²) in [7, 11) is 1.56. The zero-order chi connectivity index (χ0) is 12.8. The van der Waals surface area contributed by atoms with Crippen molar-refractivity contribution in [2.24, 2.45) is 0 Å². The number of aliphatic carboxylic acids is 1. The first-order valence-corrected chi connectivity index (χ1v) is 5.28. The van der Waals surface area contributed by atoms with Gasteiger partial charge in [-0.3, -0.25) is 0 Å². The molecule has 4 heteroatoms. The highest BCUT2D eigenvalue weighted by Gasteiger charge is 2.06. The van der Waals surface area contributed by atoms with Crippen molar-refractivity contribution in [2.75, 3.05) is 7.11 Å². The number of ether oxygens (including phenoxy) is 2. The standard InChI is InChI=1S/C13H16O4/c1-9(2)17-12-8-10(5-7-13(14)15)4-6-11(12)16-3/h4-9H,1-3H3,(H,14,15)/b7-5+. The van der Waals surface area contributed by atoms with Crippen LogP contribution in [0.3, 0.4) is 0 Å². The topological polar surface area (TPSA) is 55.8 Å². The zero-order valence-corrected chi connectivity index (χ0v) is 10.1. The van der Waals surface area contributed by atoms with E-state index >= 15 is 0 Å². The van der Waals surface area contributed by atoms with Crippen LogP contribution < -0.4 is 9.47 Å². The van der Waals surface area contributed by atoms with Crippen LogP contribution in [0.4, 0.5) is 0 Å². The molecule has 0 atom stereocenters. The lowest BCUT2D eigenvalue weighted by molar-refractivity contribution is -0.131. The number of hydrogen-bond acceptors (Lipinski definition) is 3. The van der Waals surface area contributed by atoms with E-state index in [2.05, 4.69) is 0 Å². The highest BCUT2D eigenvalue weighted by Crippen LogP contribution is 2.29. The van der Waals surface area contributed by atoms with Crippen molar-refractivity contribution in [3.05, 3.63) is 29.8 Å². The van der Waals surface area contributed by atoms with Gasteiger partial charge in [-0.2, -0.15) is 0 Å². The van der Waals surface area contributed by atoms with Crippen LogP contribution in [0.2, 0.25) is 0 Å². The molecule has 0 unspecified atom stereocenters. The van der Waals surface area contributed by atoms with Crippen molar-refractivity contribution in [2.45, 2.75) is 20.0 Å². The highest BCUT2D eigenvalue weighted by molar-refractivity contribution is 5.85. The molecular formula is C13H16O4. The number of rotatable bonds is 5. The molecule has 0 spiro atoms. The number of carboxylic acid groups (broad SMARTS) is 1. The molecule has 0 aliphatic carbocycles. The molecule has 0 bridgehead atoms. The summed E-state index contributed by atoms with van der Waals surface area (Å²) in [6, 6.07) is 5.27. The number of hydrogen-bond donors (Lipinski definition) is 1. The van der Waals surface area contributed by atoms with Gasteiger partial charge in [0.1, 0.15) is 0 Å². The van der Waals surface area contributed by atoms with Gasteiger partial charge in [-0.15, -0.1) is 0 Å². The molecule has 0 heterocycles. The second-order valence-electron chi connectivity index (χ2n) is 3.75. The molecule has 1 aromatic carbocycles. The normalized spacial score (nSPS) is 10.8. The predicted molar refractivity (Wildman–Crippen MR) is 65.4 cm³/mol. The molecule has 0 saturated carbocycles. The Kier molecular flexibility index (Phi) is 4.57. The highest BCUT2D eigenvalue weighted by atomic mass is 16.5. The van der Waals surface area contributed by atoms with Crippen molar-refractivity contribution in [1.82, 2.24) is 0 Å². The molecule has 0 fully saturated rings. The molecular weight excluding hydrogens is 220 g/mol. The Balaban J connectivity index is 2.99. The summed E-state index contributed by atoms with van der Waals surface area (Å²) in [5, 5.41) is 8.55. The van der Waals surface area contributed by atoms with Gasteiger partial charge in [-0.1, -0.05) is 6.07 Å². The van der Waals surface area contributed by atoms with Crippen molar-refractivity contribution in [1.29, 1.82) is 0 Å². The van der Waals surface area contributed by atoms with Gasteiger partial charge in [0.05, 0.1) is 13.2 Å². The molecule has 1 rings (SSSR count). The lowest BCUT2D eigenvalue weighted by Crippen LogP contribution is -2.06. The predicted octanol–water partition coefficient (Wildman–Crippen LogP) is 2.58. The summed E-state index contributed by atoms with van der Waals surface area (Å²) in [4.78, 5) is 10.4. The van der Waals surface area contributed by atoms with E-state index in [-0.39, 0.29) is 6.10 Å². The first-order valence-electron chi connectivity index (χ1n) is 5.28. The van der Waals surface area contributed by atoms with Gasteiger partial charge in [0.15, 0.2) is 11.5 Å². The van der Waals surface area contributed by atoms with E-state index in [1.165, 1.54) is 6.08 Å². The molecule has 17 heavy (non-hydrogen) atoms. The van der Waals surface area contributed by atoms with Crippen LogP contribution in [0.15, 0.2) is 24.3 Å². The van der Waals surface area contributed by atoms with Crippen LogP contribution in [-0.4, -0.2) is 24.3 Å². The maximum atomic E-state index is 10.4. The van der Waals surface area contributed by atoms with Gasteiger partial charge < -0.3 is 14.6 Å². The van der Waals surface area contributed by atoms with Crippen LogP contribution in [-0.2, 0) is 4.79 Å². The molecule has 0 saturated heterocycles. The first-order chi connectivity index (χ1) is 8.02. The fourth-order valence-electron chi connectivity index (χ4n) is 1.31. The minimum Gasteiger partial charge on any atom is -0.493 e. The van der Waals surface area contributed by atoms with E-state index in [1.807, 2.05) is 13.8 Å². The minimum atomic E-state index is -0.979. The Morgan fingerprint density at radius 2 is 2.06 bits per heavy atom. The van der Waals surface area contributed by atoms with Crippen LogP contribution >= 0.6 is 0 Å². The Hall–Kier alpha value is -1.97. The molecule has 0 aliphatic rings. The van der Waals surface area contributed by atoms with Gasteiger partial charge >= 0.3 is 5.97 Å². The average Bonchev–Trinajstić information content (AvgIpc) is 2.25. The van der Waals surface area contributed by atoms with Crippen molar-refractivity contribution >= 4 is 12.0 Å². The van der Waals surface area contributed by atoms with E-state index in [0.29, 0.717) is 11.5 Å². The Bertz CT molecular complexity index is 421. The summed E-state index contributed by atoms with van der Waals surface area (Å²) in [6.45, 7) is 3.83. The molecule has 1 aromatic rings. The van der Waals surface area contributed by atoms with Crippen molar-refractivity contribution in [3.8, 4) is 11.5 Å². The van der Waals surface area contributed by atoms with Gasteiger partial charge in [-0.25, -0.2) is 4.79 Å². The fourth-order valence-corrected chi connectivity index (χ4v) is 1.31. The first kappa shape index (κ1) is 13.1. The Morgan fingerprint density at radius 1 is 1.35 bits per heavy atom. The lowest BCUT2D eigenvalue weighted by Gasteiger charge is -2.13. The number of carbonyl (C=O) groups is 1. The van der Waals surface area contributed by atoms with Gasteiger partial charge in [0, 0.05) is 6.08 Å². The van der Waals surface area contributed by atoms with E-state index in [1.54, 1.807) is 25.3 Å². The monoisotopic (exact) mass is 236 g/mol. The smallest absolute Gasteiger partial charge is 0.328 e. The van der Waals surface area contributed by atoms with Crippen LogP contribution in [0.25, 0.3) is 6.08 Å². The Morgan fingerprint density at radius 3 is 2.59 bits per heavy atom. The molecule has 0 aromatic heterocycles. The lowest BCUT2D eigenvalue weighted by atomic mass is 10.2. The maximum Gasteiger partial charge on any atom is 0.328 e. The summed E-state index contributed by atoms with van der Waals surface area (Å²) >= 11 is 0. The SMILES string of the molecule is COc1ccc(/C=C/C(=O)O)cc1OC(C)C. The van der Waals surface area contributed by atoms with E-state index in [9.17, 15) is 4.79 Å². The largest absolute Gasteiger partial charge is 0.493 e. The second-order valence-corrected chi connectivity index (χ2v) is 3.75. The summed E-state index contributed by atoms with van der Waals surface area (Å²) in [5.74, 6) is 0.258. The average molecular weight is 236 g/mol. The van der Waals surface area contributed by atoms with Crippen LogP contribution in [0, 0.1) is 0 Å². The summed E-state index contributed by atoms with van der Waals surface area (Å²) in [5.41, 5.74) is 0.754. The van der Waals surface area contributed by atoms with E-state index < -0.39 is 5.97 Å². The van der Waals surface area contributed by atoms with Crippen molar-refractivity contribution < 1.29 is 19.4 Å². The third-order valence-electron chi connectivity index (χ3n) is 1.97. The van der Waals surface area contributed by atoms with Gasteiger partial charge in [0.2, 0.25) is 0 Å². The summed E-state index contributed by atoms with van der Waals surface area (Å²) in [6.07, 6.45) is 2.62. The Labute approximate surface area is 100 Å². The molecule has 0 aliphatic heterocycles.